The Morgan fingerprint density at radius 2 is 1.89 bits per heavy atom. The van der Waals surface area contributed by atoms with Crippen LogP contribution in [0.15, 0.2) is 24.3 Å². The first-order valence-corrected chi connectivity index (χ1v) is 6.75. The van der Waals surface area contributed by atoms with Crippen LogP contribution in [0.4, 0.5) is 4.39 Å². The van der Waals surface area contributed by atoms with Crippen molar-refractivity contribution < 1.29 is 4.39 Å². The third kappa shape index (κ3) is 2.90. The van der Waals surface area contributed by atoms with E-state index in [-0.39, 0.29) is 17.4 Å². The topological polar surface area (TPSA) is 29.3 Å². The van der Waals surface area contributed by atoms with E-state index in [4.69, 9.17) is 5.73 Å². The average molecular weight is 252 g/mol. The van der Waals surface area contributed by atoms with E-state index in [1.54, 1.807) is 12.1 Å². The number of benzene rings is 1. The molecule has 18 heavy (non-hydrogen) atoms. The zero-order chi connectivity index (χ0) is 13.8. The Kier molecular flexibility index (Phi) is 5.29. The van der Waals surface area contributed by atoms with E-state index in [9.17, 15) is 4.39 Å². The van der Waals surface area contributed by atoms with Crippen LogP contribution in [-0.4, -0.2) is 23.5 Å². The molecule has 2 unspecified atom stereocenters. The maximum absolute atomic E-state index is 13.3. The van der Waals surface area contributed by atoms with Crippen molar-refractivity contribution in [2.24, 2.45) is 5.73 Å². The Hall–Kier alpha value is -0.930. The molecule has 0 saturated carbocycles. The van der Waals surface area contributed by atoms with Crippen LogP contribution in [0.1, 0.15) is 45.7 Å². The van der Waals surface area contributed by atoms with E-state index < -0.39 is 0 Å². The summed E-state index contributed by atoms with van der Waals surface area (Å²) >= 11 is 0. The summed E-state index contributed by atoms with van der Waals surface area (Å²) in [5.41, 5.74) is 7.12. The van der Waals surface area contributed by atoms with Crippen LogP contribution in [0.25, 0.3) is 0 Å². The number of nitrogens with two attached hydrogens (primary N) is 1. The molecule has 0 spiro atoms. The van der Waals surface area contributed by atoms with Crippen LogP contribution in [-0.2, 0) is 0 Å². The molecule has 0 aliphatic heterocycles. The lowest BCUT2D eigenvalue weighted by Gasteiger charge is -2.44. The highest BCUT2D eigenvalue weighted by Crippen LogP contribution is 2.32. The first kappa shape index (κ1) is 15.1. The second-order valence-corrected chi connectivity index (χ2v) is 4.92. The van der Waals surface area contributed by atoms with Gasteiger partial charge in [0.05, 0.1) is 0 Å². The van der Waals surface area contributed by atoms with Crippen molar-refractivity contribution in [1.29, 1.82) is 0 Å². The van der Waals surface area contributed by atoms with E-state index in [0.717, 1.165) is 25.1 Å². The summed E-state index contributed by atoms with van der Waals surface area (Å²) in [5.74, 6) is -0.221. The molecular weight excluding hydrogens is 227 g/mol. The maximum Gasteiger partial charge on any atom is 0.123 e. The predicted octanol–water partition coefficient (Wildman–Crippen LogP) is 3.34. The standard InChI is InChI=1S/C15H25FN2/c1-5-15(4,18(6-2)7-3)14(17)12-9-8-10-13(16)11-12/h8-11,14H,5-7,17H2,1-4H3. The minimum atomic E-state index is -0.221. The summed E-state index contributed by atoms with van der Waals surface area (Å²) in [7, 11) is 0. The lowest BCUT2D eigenvalue weighted by molar-refractivity contribution is 0.0843. The highest BCUT2D eigenvalue weighted by atomic mass is 19.1. The molecule has 0 bridgehead atoms. The third-order valence-electron chi connectivity index (χ3n) is 4.08. The lowest BCUT2D eigenvalue weighted by Crippen LogP contribution is -2.53. The van der Waals surface area contributed by atoms with Crippen molar-refractivity contribution in [2.75, 3.05) is 13.1 Å². The van der Waals surface area contributed by atoms with Crippen molar-refractivity contribution in [1.82, 2.24) is 4.90 Å². The Balaban J connectivity index is 3.07. The second kappa shape index (κ2) is 6.30. The Bertz CT molecular complexity index is 377. The molecule has 0 heterocycles. The zero-order valence-corrected chi connectivity index (χ0v) is 11.9. The van der Waals surface area contributed by atoms with Gasteiger partial charge in [0.2, 0.25) is 0 Å². The van der Waals surface area contributed by atoms with E-state index in [0.29, 0.717) is 0 Å². The second-order valence-electron chi connectivity index (χ2n) is 4.92. The number of halogens is 1. The number of hydrogen-bond donors (Lipinski definition) is 1. The number of nitrogens with zero attached hydrogens (tertiary/aromatic N) is 1. The van der Waals surface area contributed by atoms with Gasteiger partial charge in [0.25, 0.3) is 0 Å². The van der Waals surface area contributed by atoms with Gasteiger partial charge in [-0.15, -0.1) is 0 Å². The van der Waals surface area contributed by atoms with E-state index in [2.05, 4.69) is 32.6 Å². The Labute approximate surface area is 110 Å². The first-order chi connectivity index (χ1) is 8.49. The molecule has 1 aromatic rings. The predicted molar refractivity (Wildman–Crippen MR) is 74.9 cm³/mol. The lowest BCUT2D eigenvalue weighted by atomic mass is 9.83. The minimum Gasteiger partial charge on any atom is -0.322 e. The molecule has 0 aliphatic carbocycles. The molecule has 0 aromatic heterocycles. The van der Waals surface area contributed by atoms with Crippen LogP contribution in [0.5, 0.6) is 0 Å². The van der Waals surface area contributed by atoms with Gasteiger partial charge in [0.1, 0.15) is 5.82 Å². The summed E-state index contributed by atoms with van der Waals surface area (Å²) < 4.78 is 13.3. The molecule has 2 N–H and O–H groups in total. The molecule has 0 saturated heterocycles. The van der Waals surface area contributed by atoms with Gasteiger partial charge in [-0.25, -0.2) is 4.39 Å². The van der Waals surface area contributed by atoms with E-state index in [1.165, 1.54) is 6.07 Å². The zero-order valence-electron chi connectivity index (χ0n) is 11.9. The van der Waals surface area contributed by atoms with Crippen LogP contribution in [0.3, 0.4) is 0 Å². The van der Waals surface area contributed by atoms with Gasteiger partial charge < -0.3 is 5.73 Å². The fourth-order valence-corrected chi connectivity index (χ4v) is 2.65. The molecule has 0 aliphatic rings. The smallest absolute Gasteiger partial charge is 0.123 e. The fourth-order valence-electron chi connectivity index (χ4n) is 2.65. The molecule has 102 valence electrons. The summed E-state index contributed by atoms with van der Waals surface area (Å²) in [5, 5.41) is 0. The van der Waals surface area contributed by atoms with Crippen LogP contribution < -0.4 is 5.73 Å². The quantitative estimate of drug-likeness (QED) is 0.841. The molecular formula is C15H25FN2. The van der Waals surface area contributed by atoms with Crippen molar-refractivity contribution >= 4 is 0 Å². The minimum absolute atomic E-state index is 0.142. The highest BCUT2D eigenvalue weighted by Gasteiger charge is 2.35. The fraction of sp³-hybridized carbons (Fsp3) is 0.600. The first-order valence-electron chi connectivity index (χ1n) is 6.75. The molecule has 2 atom stereocenters. The summed E-state index contributed by atoms with van der Waals surface area (Å²) in [6.07, 6.45) is 0.937. The van der Waals surface area contributed by atoms with Gasteiger partial charge in [-0.05, 0) is 44.1 Å². The largest absolute Gasteiger partial charge is 0.322 e. The van der Waals surface area contributed by atoms with Gasteiger partial charge in [-0.1, -0.05) is 32.9 Å². The Morgan fingerprint density at radius 3 is 2.33 bits per heavy atom. The van der Waals surface area contributed by atoms with Gasteiger partial charge in [0, 0.05) is 11.6 Å². The monoisotopic (exact) mass is 252 g/mol. The van der Waals surface area contributed by atoms with Crippen LogP contribution >= 0.6 is 0 Å². The number of likely N-dealkylation sites (N-methyl/N-ethyl adjacent to an activating group) is 1. The molecule has 1 rings (SSSR count). The van der Waals surface area contributed by atoms with Gasteiger partial charge in [0.15, 0.2) is 0 Å². The SMILES string of the molecule is CCN(CC)C(C)(CC)C(N)c1cccc(F)c1. The molecule has 0 amide bonds. The normalized spacial score (nSPS) is 16.6. The average Bonchev–Trinajstić information content (AvgIpc) is 2.38. The van der Waals surface area contributed by atoms with E-state index >= 15 is 0 Å². The van der Waals surface area contributed by atoms with Crippen molar-refractivity contribution in [3.05, 3.63) is 35.6 Å². The van der Waals surface area contributed by atoms with Crippen molar-refractivity contribution in [3.63, 3.8) is 0 Å². The van der Waals surface area contributed by atoms with E-state index in [1.807, 2.05) is 6.07 Å². The Morgan fingerprint density at radius 1 is 1.28 bits per heavy atom. The van der Waals surface area contributed by atoms with Gasteiger partial charge in [-0.2, -0.15) is 0 Å². The van der Waals surface area contributed by atoms with Gasteiger partial charge >= 0.3 is 0 Å². The number of rotatable bonds is 6. The van der Waals surface area contributed by atoms with Crippen molar-refractivity contribution in [3.8, 4) is 0 Å². The molecule has 3 heteroatoms. The third-order valence-corrected chi connectivity index (χ3v) is 4.08. The number of hydrogen-bond acceptors (Lipinski definition) is 2. The van der Waals surface area contributed by atoms with Crippen LogP contribution in [0, 0.1) is 5.82 Å². The summed E-state index contributed by atoms with van der Waals surface area (Å²) in [6, 6.07) is 6.45. The molecule has 2 nitrogen and oxygen atoms in total. The highest BCUT2D eigenvalue weighted by molar-refractivity contribution is 5.23. The maximum atomic E-state index is 13.3. The van der Waals surface area contributed by atoms with Crippen LogP contribution in [0.2, 0.25) is 0 Å². The molecule has 0 radical (unpaired) electrons. The molecule has 0 fully saturated rings. The summed E-state index contributed by atoms with van der Waals surface area (Å²) in [4.78, 5) is 2.35. The van der Waals surface area contributed by atoms with Crippen molar-refractivity contribution in [2.45, 2.75) is 45.7 Å². The van der Waals surface area contributed by atoms with Gasteiger partial charge in [-0.3, -0.25) is 4.90 Å². The molecule has 1 aromatic carbocycles. The summed E-state index contributed by atoms with van der Waals surface area (Å²) in [6.45, 7) is 10.5.